The summed E-state index contributed by atoms with van der Waals surface area (Å²) in [5, 5.41) is 2.86. The zero-order valence-corrected chi connectivity index (χ0v) is 21.7. The molecule has 0 spiro atoms. The maximum absolute atomic E-state index is 13.4. The molecular formula is C28H29NO8S. The van der Waals surface area contributed by atoms with Crippen molar-refractivity contribution in [2.75, 3.05) is 13.7 Å². The molecule has 1 amide bonds. The van der Waals surface area contributed by atoms with E-state index in [1.165, 1.54) is 19.2 Å². The molecule has 10 heteroatoms. The van der Waals surface area contributed by atoms with Crippen LogP contribution in [0.4, 0.5) is 0 Å². The molecule has 3 aromatic carbocycles. The summed E-state index contributed by atoms with van der Waals surface area (Å²) in [5.74, 6) is -0.437. The maximum atomic E-state index is 13.4. The van der Waals surface area contributed by atoms with Gasteiger partial charge in [-0.1, -0.05) is 66.2 Å². The molecule has 0 bridgehead atoms. The summed E-state index contributed by atoms with van der Waals surface area (Å²) in [4.78, 5) is 13.1. The molecule has 0 saturated carbocycles. The van der Waals surface area contributed by atoms with Gasteiger partial charge in [0.1, 0.15) is 24.4 Å². The number of ether oxygens (including phenoxy) is 4. The number of nitrogens with one attached hydrogen (secondary N) is 1. The fourth-order valence-electron chi connectivity index (χ4n) is 4.55. The molecule has 1 N–H and O–H groups in total. The van der Waals surface area contributed by atoms with E-state index in [4.69, 9.17) is 23.1 Å². The topological polar surface area (TPSA) is 109 Å². The second kappa shape index (κ2) is 11.3. The van der Waals surface area contributed by atoms with Gasteiger partial charge in [0.25, 0.3) is 16.0 Å². The third kappa shape index (κ3) is 5.65. The number of benzene rings is 3. The number of rotatable bonds is 7. The fourth-order valence-corrected chi connectivity index (χ4v) is 5.65. The summed E-state index contributed by atoms with van der Waals surface area (Å²) in [6, 6.07) is 23.1. The van der Waals surface area contributed by atoms with E-state index in [2.05, 4.69) is 5.32 Å². The standard InChI is InChI=1S/C28H29NO8S/c1-18-13-15-21(16-14-18)38(31,32)37-25-23(29-26(30)19-9-5-3-6-10-19)28(33-2)35-22-17-34-27(36-24(22)25)20-11-7-4-8-12-20/h3-16,22-25,27-28H,17H2,1-2H3,(H,29,30)/t22-,23-,24+,25-,27+,28+/m1/s1. The van der Waals surface area contributed by atoms with Crippen LogP contribution in [0.15, 0.2) is 89.8 Å². The predicted octanol–water partition coefficient (Wildman–Crippen LogP) is 3.35. The molecule has 0 unspecified atom stereocenters. The first-order valence-electron chi connectivity index (χ1n) is 12.2. The van der Waals surface area contributed by atoms with Gasteiger partial charge in [0.05, 0.1) is 11.5 Å². The van der Waals surface area contributed by atoms with Crippen LogP contribution >= 0.6 is 0 Å². The molecule has 200 valence electrons. The normalized spacial score (nSPS) is 27.3. The lowest BCUT2D eigenvalue weighted by molar-refractivity contribution is -0.337. The number of aryl methyl sites for hydroxylation is 1. The second-order valence-corrected chi connectivity index (χ2v) is 10.7. The van der Waals surface area contributed by atoms with E-state index >= 15 is 0 Å². The lowest BCUT2D eigenvalue weighted by Crippen LogP contribution is -2.67. The second-order valence-electron chi connectivity index (χ2n) is 9.15. The summed E-state index contributed by atoms with van der Waals surface area (Å²) >= 11 is 0. The highest BCUT2D eigenvalue weighted by molar-refractivity contribution is 7.86. The van der Waals surface area contributed by atoms with Gasteiger partial charge < -0.3 is 24.3 Å². The molecule has 2 aliphatic heterocycles. The minimum Gasteiger partial charge on any atom is -0.354 e. The van der Waals surface area contributed by atoms with E-state index in [-0.39, 0.29) is 11.5 Å². The summed E-state index contributed by atoms with van der Waals surface area (Å²) in [6.07, 6.45) is -4.60. The summed E-state index contributed by atoms with van der Waals surface area (Å²) in [6.45, 7) is 1.96. The molecule has 6 atom stereocenters. The van der Waals surface area contributed by atoms with Gasteiger partial charge in [-0.3, -0.25) is 8.98 Å². The van der Waals surface area contributed by atoms with Crippen LogP contribution < -0.4 is 5.32 Å². The van der Waals surface area contributed by atoms with Crippen LogP contribution in [-0.4, -0.2) is 58.7 Å². The Kier molecular flexibility index (Phi) is 7.89. The molecule has 0 radical (unpaired) electrons. The van der Waals surface area contributed by atoms with Crippen LogP contribution in [0.3, 0.4) is 0 Å². The van der Waals surface area contributed by atoms with Gasteiger partial charge in [-0.15, -0.1) is 0 Å². The molecule has 0 aliphatic carbocycles. The summed E-state index contributed by atoms with van der Waals surface area (Å²) in [5.41, 5.74) is 2.05. The number of methoxy groups -OCH3 is 1. The van der Waals surface area contributed by atoms with Crippen molar-refractivity contribution in [3.63, 3.8) is 0 Å². The van der Waals surface area contributed by atoms with Gasteiger partial charge >= 0.3 is 0 Å². The largest absolute Gasteiger partial charge is 0.354 e. The Morgan fingerprint density at radius 1 is 0.921 bits per heavy atom. The lowest BCUT2D eigenvalue weighted by atomic mass is 9.95. The van der Waals surface area contributed by atoms with Crippen LogP contribution in [0, 0.1) is 6.92 Å². The van der Waals surface area contributed by atoms with Crippen molar-refractivity contribution in [1.29, 1.82) is 0 Å². The van der Waals surface area contributed by atoms with E-state index in [9.17, 15) is 13.2 Å². The van der Waals surface area contributed by atoms with E-state index < -0.39 is 53.0 Å². The van der Waals surface area contributed by atoms with Crippen molar-refractivity contribution in [2.45, 2.75) is 48.8 Å². The Morgan fingerprint density at radius 3 is 2.24 bits per heavy atom. The zero-order valence-electron chi connectivity index (χ0n) is 20.9. The number of hydrogen-bond acceptors (Lipinski definition) is 8. The average molecular weight is 540 g/mol. The van der Waals surface area contributed by atoms with E-state index in [0.29, 0.717) is 5.56 Å². The quantitative estimate of drug-likeness (QED) is 0.456. The first-order valence-corrected chi connectivity index (χ1v) is 13.6. The Morgan fingerprint density at radius 2 is 1.58 bits per heavy atom. The van der Waals surface area contributed by atoms with Crippen molar-refractivity contribution < 1.29 is 36.3 Å². The number of carbonyl (C=O) groups is 1. The maximum Gasteiger partial charge on any atom is 0.297 e. The number of fused-ring (bicyclic) bond motifs is 1. The Balaban J connectivity index is 1.50. The molecule has 0 aromatic heterocycles. The highest BCUT2D eigenvalue weighted by Gasteiger charge is 2.53. The van der Waals surface area contributed by atoms with Crippen molar-refractivity contribution in [1.82, 2.24) is 5.32 Å². The SMILES string of the molecule is CO[C@H]1O[C@@H]2CO[C@H](c3ccccc3)O[C@@H]2[C@H](OS(=O)(=O)c2ccc(C)cc2)[C@H]1NC(=O)c1ccccc1. The highest BCUT2D eigenvalue weighted by Crippen LogP contribution is 2.37. The molecule has 2 fully saturated rings. The van der Waals surface area contributed by atoms with Crippen LogP contribution in [0.5, 0.6) is 0 Å². The van der Waals surface area contributed by atoms with Crippen LogP contribution in [-0.2, 0) is 33.2 Å². The van der Waals surface area contributed by atoms with Crippen molar-refractivity contribution >= 4 is 16.0 Å². The fraction of sp³-hybridized carbons (Fsp3) is 0.321. The lowest BCUT2D eigenvalue weighted by Gasteiger charge is -2.48. The van der Waals surface area contributed by atoms with Gasteiger partial charge in [0, 0.05) is 18.2 Å². The zero-order chi connectivity index (χ0) is 26.7. The Bertz CT molecular complexity index is 1330. The minimum atomic E-state index is -4.26. The monoisotopic (exact) mass is 539 g/mol. The molecular weight excluding hydrogens is 510 g/mol. The average Bonchev–Trinajstić information content (AvgIpc) is 2.95. The molecule has 5 rings (SSSR count). The third-order valence-electron chi connectivity index (χ3n) is 6.52. The third-order valence-corrected chi connectivity index (χ3v) is 7.85. The first kappa shape index (κ1) is 26.5. The Hall–Kier alpha value is -3.12. The summed E-state index contributed by atoms with van der Waals surface area (Å²) < 4.78 is 56.5. The highest BCUT2D eigenvalue weighted by atomic mass is 32.2. The van der Waals surface area contributed by atoms with Gasteiger partial charge in [0.15, 0.2) is 12.6 Å². The Labute approximate surface area is 221 Å². The molecule has 2 heterocycles. The molecule has 38 heavy (non-hydrogen) atoms. The van der Waals surface area contributed by atoms with Crippen molar-refractivity contribution in [3.05, 3.63) is 102 Å². The van der Waals surface area contributed by atoms with Crippen LogP contribution in [0.2, 0.25) is 0 Å². The van der Waals surface area contributed by atoms with Crippen molar-refractivity contribution in [3.8, 4) is 0 Å². The van der Waals surface area contributed by atoms with E-state index in [1.54, 1.807) is 42.5 Å². The van der Waals surface area contributed by atoms with E-state index in [0.717, 1.165) is 11.1 Å². The molecule has 2 aliphatic rings. The van der Waals surface area contributed by atoms with Gasteiger partial charge in [0.2, 0.25) is 0 Å². The molecule has 2 saturated heterocycles. The van der Waals surface area contributed by atoms with Crippen molar-refractivity contribution in [2.24, 2.45) is 0 Å². The summed E-state index contributed by atoms with van der Waals surface area (Å²) in [7, 11) is -2.85. The smallest absolute Gasteiger partial charge is 0.297 e. The molecule has 9 nitrogen and oxygen atoms in total. The van der Waals surface area contributed by atoms with E-state index in [1.807, 2.05) is 37.3 Å². The number of carbonyl (C=O) groups excluding carboxylic acids is 1. The van der Waals surface area contributed by atoms with Gasteiger partial charge in [-0.25, -0.2) is 0 Å². The van der Waals surface area contributed by atoms with Gasteiger partial charge in [-0.2, -0.15) is 8.42 Å². The minimum absolute atomic E-state index is 0.0140. The van der Waals surface area contributed by atoms with Crippen LogP contribution in [0.1, 0.15) is 27.8 Å². The number of amides is 1. The first-order chi connectivity index (χ1) is 18.4. The predicted molar refractivity (Wildman–Crippen MR) is 137 cm³/mol. The number of hydrogen-bond donors (Lipinski definition) is 1. The van der Waals surface area contributed by atoms with Crippen LogP contribution in [0.25, 0.3) is 0 Å². The molecule has 3 aromatic rings. The van der Waals surface area contributed by atoms with Gasteiger partial charge in [-0.05, 0) is 31.2 Å².